The van der Waals surface area contributed by atoms with E-state index in [0.29, 0.717) is 6.04 Å². The lowest BCUT2D eigenvalue weighted by Crippen LogP contribution is -2.43. The normalized spacial score (nSPS) is 28.3. The molecule has 0 aromatic rings. The van der Waals surface area contributed by atoms with E-state index in [1.54, 1.807) is 0 Å². The van der Waals surface area contributed by atoms with Gasteiger partial charge >= 0.3 is 0 Å². The first-order valence-corrected chi connectivity index (χ1v) is 7.02. The number of rotatable bonds is 5. The molecule has 84 valence electrons. The minimum Gasteiger partial charge on any atom is -0.391 e. The Morgan fingerprint density at radius 3 is 2.71 bits per heavy atom. The number of aliphatic hydroxyl groups is 1. The molecule has 0 aromatic heterocycles. The molecular formula is C11H23NOS. The summed E-state index contributed by atoms with van der Waals surface area (Å²) in [6.45, 7) is 1.13. The number of aliphatic hydroxyl groups excluding tert-OH is 1. The summed E-state index contributed by atoms with van der Waals surface area (Å²) in [4.78, 5) is 2.35. The molecule has 3 heteroatoms. The Kier molecular flexibility index (Phi) is 5.90. The minimum atomic E-state index is -0.0805. The van der Waals surface area contributed by atoms with Gasteiger partial charge in [0.2, 0.25) is 0 Å². The van der Waals surface area contributed by atoms with E-state index in [9.17, 15) is 5.11 Å². The molecular weight excluding hydrogens is 194 g/mol. The molecule has 1 fully saturated rings. The first kappa shape index (κ1) is 12.3. The van der Waals surface area contributed by atoms with Gasteiger partial charge in [-0.2, -0.15) is 11.8 Å². The van der Waals surface area contributed by atoms with Crippen molar-refractivity contribution in [2.45, 2.75) is 44.2 Å². The molecule has 2 unspecified atom stereocenters. The van der Waals surface area contributed by atoms with Gasteiger partial charge in [-0.15, -0.1) is 0 Å². The van der Waals surface area contributed by atoms with Crippen LogP contribution in [0, 0.1) is 0 Å². The fourth-order valence-electron chi connectivity index (χ4n) is 2.23. The summed E-state index contributed by atoms with van der Waals surface area (Å²) < 4.78 is 0. The molecule has 14 heavy (non-hydrogen) atoms. The van der Waals surface area contributed by atoms with Crippen LogP contribution in [0.5, 0.6) is 0 Å². The van der Waals surface area contributed by atoms with E-state index < -0.39 is 0 Å². The number of hydrogen-bond acceptors (Lipinski definition) is 3. The first-order valence-electron chi connectivity index (χ1n) is 5.63. The monoisotopic (exact) mass is 217 g/mol. The van der Waals surface area contributed by atoms with E-state index in [1.807, 2.05) is 11.8 Å². The van der Waals surface area contributed by atoms with E-state index in [1.165, 1.54) is 31.4 Å². The molecule has 0 radical (unpaired) electrons. The Morgan fingerprint density at radius 2 is 2.07 bits per heavy atom. The molecule has 0 bridgehead atoms. The Balaban J connectivity index is 2.23. The molecule has 0 aliphatic heterocycles. The third kappa shape index (κ3) is 3.79. The minimum absolute atomic E-state index is 0.0805. The maximum atomic E-state index is 9.85. The zero-order valence-electron chi connectivity index (χ0n) is 9.41. The zero-order valence-corrected chi connectivity index (χ0v) is 10.2. The third-order valence-corrected chi connectivity index (χ3v) is 3.82. The second-order valence-corrected chi connectivity index (χ2v) is 5.23. The zero-order chi connectivity index (χ0) is 10.4. The predicted molar refractivity (Wildman–Crippen MR) is 63.9 cm³/mol. The largest absolute Gasteiger partial charge is 0.391 e. The second-order valence-electron chi connectivity index (χ2n) is 4.25. The van der Waals surface area contributed by atoms with Gasteiger partial charge in [0.25, 0.3) is 0 Å². The van der Waals surface area contributed by atoms with Gasteiger partial charge in [-0.3, -0.25) is 0 Å². The van der Waals surface area contributed by atoms with Crippen LogP contribution in [-0.2, 0) is 0 Å². The van der Waals surface area contributed by atoms with Gasteiger partial charge in [0.15, 0.2) is 0 Å². The van der Waals surface area contributed by atoms with E-state index in [-0.39, 0.29) is 6.10 Å². The van der Waals surface area contributed by atoms with Crippen LogP contribution in [0.1, 0.15) is 32.1 Å². The van der Waals surface area contributed by atoms with Crippen molar-refractivity contribution in [2.75, 3.05) is 25.6 Å². The average molecular weight is 217 g/mol. The highest BCUT2D eigenvalue weighted by Gasteiger charge is 2.25. The molecule has 1 aliphatic rings. The predicted octanol–water partition coefficient (Wildman–Crippen LogP) is 1.97. The van der Waals surface area contributed by atoms with E-state index in [2.05, 4.69) is 18.2 Å². The van der Waals surface area contributed by atoms with Crippen molar-refractivity contribution in [3.8, 4) is 0 Å². The van der Waals surface area contributed by atoms with Crippen molar-refractivity contribution < 1.29 is 5.11 Å². The molecule has 2 nitrogen and oxygen atoms in total. The van der Waals surface area contributed by atoms with Gasteiger partial charge in [0.05, 0.1) is 6.10 Å². The molecule has 1 N–H and O–H groups in total. The Labute approximate surface area is 92.1 Å². The van der Waals surface area contributed by atoms with Crippen molar-refractivity contribution in [1.82, 2.24) is 4.90 Å². The van der Waals surface area contributed by atoms with Crippen LogP contribution in [0.3, 0.4) is 0 Å². The van der Waals surface area contributed by atoms with Crippen LogP contribution in [0.2, 0.25) is 0 Å². The Bertz CT molecular complexity index is 154. The maximum absolute atomic E-state index is 9.85. The van der Waals surface area contributed by atoms with Crippen molar-refractivity contribution in [3.63, 3.8) is 0 Å². The molecule has 1 aliphatic carbocycles. The van der Waals surface area contributed by atoms with E-state index >= 15 is 0 Å². The summed E-state index contributed by atoms with van der Waals surface area (Å²) in [6, 6.07) is 0.422. The number of thioether (sulfide) groups is 1. The SMILES string of the molecule is CSCCCN(C)C1CCCCC1O. The first-order chi connectivity index (χ1) is 6.75. The van der Waals surface area contributed by atoms with Crippen molar-refractivity contribution in [3.05, 3.63) is 0 Å². The highest BCUT2D eigenvalue weighted by molar-refractivity contribution is 7.98. The van der Waals surface area contributed by atoms with Gasteiger partial charge in [0, 0.05) is 6.04 Å². The number of nitrogens with zero attached hydrogens (tertiary/aromatic N) is 1. The lowest BCUT2D eigenvalue weighted by molar-refractivity contribution is 0.0325. The fraction of sp³-hybridized carbons (Fsp3) is 1.00. The third-order valence-electron chi connectivity index (χ3n) is 3.12. The summed E-state index contributed by atoms with van der Waals surface area (Å²) in [5.41, 5.74) is 0. The molecule has 2 atom stereocenters. The summed E-state index contributed by atoms with van der Waals surface area (Å²) in [5, 5.41) is 9.85. The fourth-order valence-corrected chi connectivity index (χ4v) is 2.65. The van der Waals surface area contributed by atoms with Crippen LogP contribution < -0.4 is 0 Å². The summed E-state index contributed by atoms with van der Waals surface area (Å²) in [7, 11) is 2.15. The topological polar surface area (TPSA) is 23.5 Å². The van der Waals surface area contributed by atoms with Crippen molar-refractivity contribution >= 4 is 11.8 Å². The lowest BCUT2D eigenvalue weighted by atomic mass is 9.91. The van der Waals surface area contributed by atoms with Crippen LogP contribution in [0.25, 0.3) is 0 Å². The number of hydrogen-bond donors (Lipinski definition) is 1. The van der Waals surface area contributed by atoms with Gasteiger partial charge in [-0.05, 0) is 44.9 Å². The summed E-state index contributed by atoms with van der Waals surface area (Å²) in [5.74, 6) is 1.23. The molecule has 0 amide bonds. The van der Waals surface area contributed by atoms with Crippen LogP contribution in [-0.4, -0.2) is 47.8 Å². The molecule has 1 saturated carbocycles. The van der Waals surface area contributed by atoms with Gasteiger partial charge in [-0.1, -0.05) is 12.8 Å². The smallest absolute Gasteiger partial charge is 0.0695 e. The lowest BCUT2D eigenvalue weighted by Gasteiger charge is -2.35. The summed E-state index contributed by atoms with van der Waals surface area (Å²) >= 11 is 1.90. The highest BCUT2D eigenvalue weighted by atomic mass is 32.2. The van der Waals surface area contributed by atoms with Crippen molar-refractivity contribution in [2.24, 2.45) is 0 Å². The standard InChI is InChI=1S/C11H23NOS/c1-12(8-5-9-14-2)10-6-3-4-7-11(10)13/h10-11,13H,3-9H2,1-2H3. The second kappa shape index (κ2) is 6.70. The van der Waals surface area contributed by atoms with Gasteiger partial charge < -0.3 is 10.0 Å². The highest BCUT2D eigenvalue weighted by Crippen LogP contribution is 2.22. The average Bonchev–Trinajstić information content (AvgIpc) is 2.18. The maximum Gasteiger partial charge on any atom is 0.0695 e. The Morgan fingerprint density at radius 1 is 1.36 bits per heavy atom. The van der Waals surface area contributed by atoms with Crippen molar-refractivity contribution in [1.29, 1.82) is 0 Å². The van der Waals surface area contributed by atoms with Gasteiger partial charge in [-0.25, -0.2) is 0 Å². The van der Waals surface area contributed by atoms with Crippen LogP contribution in [0.15, 0.2) is 0 Å². The quantitative estimate of drug-likeness (QED) is 0.712. The number of likely N-dealkylation sites (N-methyl/N-ethyl adjacent to an activating group) is 1. The van der Waals surface area contributed by atoms with E-state index in [0.717, 1.165) is 13.0 Å². The molecule has 0 heterocycles. The van der Waals surface area contributed by atoms with Crippen LogP contribution >= 0.6 is 11.8 Å². The molecule has 0 spiro atoms. The molecule has 0 aromatic carbocycles. The Hall–Kier alpha value is 0.270. The molecule has 0 saturated heterocycles. The summed E-state index contributed by atoms with van der Waals surface area (Å²) in [6.07, 6.45) is 7.97. The van der Waals surface area contributed by atoms with Gasteiger partial charge in [0.1, 0.15) is 0 Å². The van der Waals surface area contributed by atoms with E-state index in [4.69, 9.17) is 0 Å². The van der Waals surface area contributed by atoms with Crippen LogP contribution in [0.4, 0.5) is 0 Å². The molecule has 1 rings (SSSR count).